The van der Waals surface area contributed by atoms with Gasteiger partial charge in [-0.2, -0.15) is 12.7 Å². The van der Waals surface area contributed by atoms with Gasteiger partial charge in [-0.25, -0.2) is 4.72 Å². The SMILES string of the molecule is O=S(=O)(NCC1CCC(O)C1)N1CCc2ccccc2C1. The molecular formula is C15H22N2O3S. The van der Waals surface area contributed by atoms with Gasteiger partial charge in [0, 0.05) is 19.6 Å². The van der Waals surface area contributed by atoms with Gasteiger partial charge in [0.25, 0.3) is 10.2 Å². The Kier molecular flexibility index (Phi) is 4.31. The molecule has 2 atom stereocenters. The van der Waals surface area contributed by atoms with E-state index in [1.165, 1.54) is 9.87 Å². The normalized spacial score (nSPS) is 26.7. The van der Waals surface area contributed by atoms with E-state index in [0.717, 1.165) is 24.8 Å². The zero-order chi connectivity index (χ0) is 14.9. The van der Waals surface area contributed by atoms with Gasteiger partial charge in [0.1, 0.15) is 0 Å². The van der Waals surface area contributed by atoms with E-state index in [1.54, 1.807) is 0 Å². The maximum atomic E-state index is 12.4. The Morgan fingerprint density at radius 2 is 2.00 bits per heavy atom. The Morgan fingerprint density at radius 3 is 2.71 bits per heavy atom. The quantitative estimate of drug-likeness (QED) is 0.873. The van der Waals surface area contributed by atoms with E-state index in [1.807, 2.05) is 18.2 Å². The van der Waals surface area contributed by atoms with Crippen LogP contribution in [-0.2, 0) is 23.2 Å². The van der Waals surface area contributed by atoms with Gasteiger partial charge >= 0.3 is 0 Å². The largest absolute Gasteiger partial charge is 0.393 e. The van der Waals surface area contributed by atoms with Crippen LogP contribution in [0.2, 0.25) is 0 Å². The summed E-state index contributed by atoms with van der Waals surface area (Å²) in [4.78, 5) is 0. The van der Waals surface area contributed by atoms with Crippen LogP contribution in [-0.4, -0.2) is 37.0 Å². The van der Waals surface area contributed by atoms with Crippen molar-refractivity contribution in [3.05, 3.63) is 35.4 Å². The third kappa shape index (κ3) is 3.45. The van der Waals surface area contributed by atoms with Crippen LogP contribution >= 0.6 is 0 Å². The number of benzene rings is 1. The van der Waals surface area contributed by atoms with Gasteiger partial charge < -0.3 is 5.11 Å². The van der Waals surface area contributed by atoms with Crippen LogP contribution in [0.1, 0.15) is 30.4 Å². The summed E-state index contributed by atoms with van der Waals surface area (Å²) in [6.07, 6.45) is 2.88. The van der Waals surface area contributed by atoms with Crippen LogP contribution in [0.25, 0.3) is 0 Å². The van der Waals surface area contributed by atoms with Gasteiger partial charge in [-0.05, 0) is 42.7 Å². The molecule has 1 saturated carbocycles. The van der Waals surface area contributed by atoms with Crippen molar-refractivity contribution in [2.45, 2.75) is 38.3 Å². The Bertz CT molecular complexity index is 603. The average Bonchev–Trinajstić information content (AvgIpc) is 2.90. The van der Waals surface area contributed by atoms with Crippen molar-refractivity contribution in [1.82, 2.24) is 9.03 Å². The summed E-state index contributed by atoms with van der Waals surface area (Å²) in [7, 11) is -3.43. The van der Waals surface area contributed by atoms with Crippen molar-refractivity contribution in [2.75, 3.05) is 13.1 Å². The molecule has 1 aromatic rings. The molecule has 116 valence electrons. The first-order valence-electron chi connectivity index (χ1n) is 7.54. The van der Waals surface area contributed by atoms with E-state index in [2.05, 4.69) is 10.8 Å². The van der Waals surface area contributed by atoms with Crippen LogP contribution in [0, 0.1) is 5.92 Å². The fraction of sp³-hybridized carbons (Fsp3) is 0.600. The molecule has 1 aliphatic heterocycles. The lowest BCUT2D eigenvalue weighted by molar-refractivity contribution is 0.177. The van der Waals surface area contributed by atoms with Crippen molar-refractivity contribution in [1.29, 1.82) is 0 Å². The molecule has 0 bridgehead atoms. The standard InChI is InChI=1S/C15H22N2O3S/c18-15-6-5-12(9-15)10-16-21(19,20)17-8-7-13-3-1-2-4-14(13)11-17/h1-4,12,15-16,18H,5-11H2. The van der Waals surface area contributed by atoms with Gasteiger partial charge in [-0.3, -0.25) is 0 Å². The number of aliphatic hydroxyl groups excluding tert-OH is 1. The number of hydrogen-bond acceptors (Lipinski definition) is 3. The average molecular weight is 310 g/mol. The lowest BCUT2D eigenvalue weighted by Gasteiger charge is -2.28. The summed E-state index contributed by atoms with van der Waals surface area (Å²) in [5, 5.41) is 9.50. The van der Waals surface area contributed by atoms with E-state index in [4.69, 9.17) is 0 Å². The number of hydrogen-bond donors (Lipinski definition) is 2. The summed E-state index contributed by atoms with van der Waals surface area (Å²) in [6, 6.07) is 7.99. The topological polar surface area (TPSA) is 69.6 Å². The molecule has 2 unspecified atom stereocenters. The summed E-state index contributed by atoms with van der Waals surface area (Å²) < 4.78 is 29.0. The van der Waals surface area contributed by atoms with E-state index in [-0.39, 0.29) is 12.0 Å². The van der Waals surface area contributed by atoms with E-state index in [9.17, 15) is 13.5 Å². The number of rotatable bonds is 4. The third-order valence-corrected chi connectivity index (χ3v) is 6.03. The number of fused-ring (bicyclic) bond motifs is 1. The molecule has 6 heteroatoms. The number of aliphatic hydroxyl groups is 1. The van der Waals surface area contributed by atoms with Gasteiger partial charge in [-0.15, -0.1) is 0 Å². The zero-order valence-corrected chi connectivity index (χ0v) is 12.8. The molecular weight excluding hydrogens is 288 g/mol. The first-order chi connectivity index (χ1) is 10.0. The number of nitrogens with one attached hydrogen (secondary N) is 1. The van der Waals surface area contributed by atoms with Crippen molar-refractivity contribution in [3.8, 4) is 0 Å². The summed E-state index contributed by atoms with van der Waals surface area (Å²) in [5.74, 6) is 0.256. The first-order valence-corrected chi connectivity index (χ1v) is 8.98. The highest BCUT2D eigenvalue weighted by atomic mass is 32.2. The van der Waals surface area contributed by atoms with E-state index < -0.39 is 10.2 Å². The molecule has 1 heterocycles. The minimum Gasteiger partial charge on any atom is -0.393 e. The van der Waals surface area contributed by atoms with Crippen LogP contribution in [0.3, 0.4) is 0 Å². The fourth-order valence-corrected chi connectivity index (χ4v) is 4.49. The fourth-order valence-electron chi connectivity index (χ4n) is 3.22. The minimum absolute atomic E-state index is 0.256. The molecule has 1 aliphatic carbocycles. The number of nitrogens with zero attached hydrogens (tertiary/aromatic N) is 1. The second kappa shape index (κ2) is 6.04. The lowest BCUT2D eigenvalue weighted by atomic mass is 10.0. The van der Waals surface area contributed by atoms with Crippen molar-refractivity contribution in [3.63, 3.8) is 0 Å². The molecule has 3 rings (SSSR count). The molecule has 0 amide bonds. The molecule has 1 fully saturated rings. The summed E-state index contributed by atoms with van der Waals surface area (Å²) in [5.41, 5.74) is 2.33. The van der Waals surface area contributed by atoms with Crippen molar-refractivity contribution >= 4 is 10.2 Å². The van der Waals surface area contributed by atoms with E-state index >= 15 is 0 Å². The second-order valence-electron chi connectivity index (χ2n) is 6.04. The highest BCUT2D eigenvalue weighted by Crippen LogP contribution is 2.25. The minimum atomic E-state index is -3.43. The van der Waals surface area contributed by atoms with Crippen LogP contribution < -0.4 is 4.72 Å². The Balaban J connectivity index is 1.61. The maximum Gasteiger partial charge on any atom is 0.279 e. The monoisotopic (exact) mass is 310 g/mol. The Labute approximate surface area is 126 Å². The van der Waals surface area contributed by atoms with Crippen LogP contribution in [0.4, 0.5) is 0 Å². The van der Waals surface area contributed by atoms with E-state index in [0.29, 0.717) is 26.1 Å². The molecule has 21 heavy (non-hydrogen) atoms. The molecule has 2 N–H and O–H groups in total. The lowest BCUT2D eigenvalue weighted by Crippen LogP contribution is -2.44. The van der Waals surface area contributed by atoms with Crippen LogP contribution in [0.15, 0.2) is 24.3 Å². The molecule has 0 spiro atoms. The Hall–Kier alpha value is -0.950. The van der Waals surface area contributed by atoms with Gasteiger partial charge in [0.2, 0.25) is 0 Å². The Morgan fingerprint density at radius 1 is 1.24 bits per heavy atom. The highest BCUT2D eigenvalue weighted by Gasteiger charge is 2.29. The smallest absolute Gasteiger partial charge is 0.279 e. The third-order valence-electron chi connectivity index (χ3n) is 4.50. The zero-order valence-electron chi connectivity index (χ0n) is 12.0. The summed E-state index contributed by atoms with van der Waals surface area (Å²) in [6.45, 7) is 1.40. The van der Waals surface area contributed by atoms with Crippen LogP contribution in [0.5, 0.6) is 0 Å². The molecule has 0 radical (unpaired) electrons. The van der Waals surface area contributed by atoms with Crippen molar-refractivity contribution in [2.24, 2.45) is 5.92 Å². The van der Waals surface area contributed by atoms with Crippen molar-refractivity contribution < 1.29 is 13.5 Å². The maximum absolute atomic E-state index is 12.4. The van der Waals surface area contributed by atoms with Gasteiger partial charge in [0.05, 0.1) is 6.10 Å². The van der Waals surface area contributed by atoms with Gasteiger partial charge in [0.15, 0.2) is 0 Å². The molecule has 0 aromatic heterocycles. The molecule has 0 saturated heterocycles. The predicted molar refractivity (Wildman–Crippen MR) is 80.8 cm³/mol. The summed E-state index contributed by atoms with van der Waals surface area (Å²) >= 11 is 0. The highest BCUT2D eigenvalue weighted by molar-refractivity contribution is 7.87. The van der Waals surface area contributed by atoms with Gasteiger partial charge in [-0.1, -0.05) is 24.3 Å². The molecule has 5 nitrogen and oxygen atoms in total. The molecule has 1 aromatic carbocycles. The predicted octanol–water partition coefficient (Wildman–Crippen LogP) is 1.04. The molecule has 2 aliphatic rings. The first kappa shape index (κ1) is 15.0. The second-order valence-corrected chi connectivity index (χ2v) is 7.79.